The minimum atomic E-state index is 0.313. The summed E-state index contributed by atoms with van der Waals surface area (Å²) in [6.45, 7) is 2.64. The van der Waals surface area contributed by atoms with E-state index in [0.29, 0.717) is 12.5 Å². The molecule has 0 saturated heterocycles. The van der Waals surface area contributed by atoms with Crippen molar-refractivity contribution in [2.45, 2.75) is 19.3 Å². The molecule has 1 aromatic heterocycles. The summed E-state index contributed by atoms with van der Waals surface area (Å²) in [6.07, 6.45) is 2.87. The van der Waals surface area contributed by atoms with Gasteiger partial charge in [-0.25, -0.2) is 4.98 Å². The van der Waals surface area contributed by atoms with Crippen LogP contribution in [-0.2, 0) is 6.42 Å². The fourth-order valence-corrected chi connectivity index (χ4v) is 2.91. The highest BCUT2D eigenvalue weighted by atomic mass is 35.5. The van der Waals surface area contributed by atoms with Crippen LogP contribution in [-0.4, -0.2) is 11.5 Å². The Labute approximate surface area is 110 Å². The van der Waals surface area contributed by atoms with Crippen molar-refractivity contribution in [2.75, 3.05) is 6.54 Å². The van der Waals surface area contributed by atoms with E-state index in [1.54, 1.807) is 11.3 Å². The van der Waals surface area contributed by atoms with Crippen LogP contribution in [0.2, 0.25) is 5.02 Å². The number of nitrogens with two attached hydrogens (primary N) is 1. The zero-order valence-electron chi connectivity index (χ0n) is 9.69. The number of hydrogen-bond donors (Lipinski definition) is 1. The van der Waals surface area contributed by atoms with Crippen LogP contribution in [0.1, 0.15) is 21.4 Å². The van der Waals surface area contributed by atoms with Crippen molar-refractivity contribution in [2.24, 2.45) is 5.73 Å². The molecule has 0 fully saturated rings. The molecule has 1 atom stereocenters. The number of thiazole rings is 1. The third kappa shape index (κ3) is 3.28. The van der Waals surface area contributed by atoms with Crippen LogP contribution in [0.25, 0.3) is 0 Å². The highest BCUT2D eigenvalue weighted by Crippen LogP contribution is 2.25. The van der Waals surface area contributed by atoms with Crippen molar-refractivity contribution in [3.05, 3.63) is 50.9 Å². The maximum absolute atomic E-state index is 6.00. The molecule has 17 heavy (non-hydrogen) atoms. The molecule has 2 N–H and O–H groups in total. The monoisotopic (exact) mass is 266 g/mol. The van der Waals surface area contributed by atoms with Gasteiger partial charge in [0, 0.05) is 22.0 Å². The lowest BCUT2D eigenvalue weighted by atomic mass is 9.95. The molecule has 1 heterocycles. The van der Waals surface area contributed by atoms with E-state index >= 15 is 0 Å². The highest BCUT2D eigenvalue weighted by molar-refractivity contribution is 7.11. The number of hydrogen-bond acceptors (Lipinski definition) is 3. The molecule has 2 rings (SSSR count). The minimum Gasteiger partial charge on any atom is -0.330 e. The third-order valence-corrected chi connectivity index (χ3v) is 3.89. The molecule has 4 heteroatoms. The van der Waals surface area contributed by atoms with E-state index in [1.165, 1.54) is 10.4 Å². The lowest BCUT2D eigenvalue weighted by Crippen LogP contribution is -2.14. The van der Waals surface area contributed by atoms with Crippen LogP contribution in [0.4, 0.5) is 0 Å². The van der Waals surface area contributed by atoms with Gasteiger partial charge in [-0.1, -0.05) is 23.7 Å². The fraction of sp³-hybridized carbons (Fsp3) is 0.308. The van der Waals surface area contributed by atoms with Crippen molar-refractivity contribution in [3.8, 4) is 0 Å². The standard InChI is InChI=1S/C13H15ClN2S/c1-9-16-8-13(17-9)6-11(7-15)10-3-2-4-12(14)5-10/h2-5,8,11H,6-7,15H2,1H3. The minimum absolute atomic E-state index is 0.313. The van der Waals surface area contributed by atoms with E-state index in [9.17, 15) is 0 Å². The van der Waals surface area contributed by atoms with Crippen molar-refractivity contribution in [3.63, 3.8) is 0 Å². The molecule has 0 aliphatic heterocycles. The van der Waals surface area contributed by atoms with Gasteiger partial charge < -0.3 is 5.73 Å². The maximum atomic E-state index is 6.00. The number of nitrogens with zero attached hydrogens (tertiary/aromatic N) is 1. The summed E-state index contributed by atoms with van der Waals surface area (Å²) in [6, 6.07) is 7.93. The summed E-state index contributed by atoms with van der Waals surface area (Å²) in [5.74, 6) is 0.313. The second-order valence-electron chi connectivity index (χ2n) is 4.04. The Morgan fingerprint density at radius 3 is 2.88 bits per heavy atom. The lowest BCUT2D eigenvalue weighted by molar-refractivity contribution is 0.700. The number of halogens is 1. The highest BCUT2D eigenvalue weighted by Gasteiger charge is 2.12. The molecular formula is C13H15ClN2S. The van der Waals surface area contributed by atoms with E-state index < -0.39 is 0 Å². The first-order chi connectivity index (χ1) is 8.19. The molecule has 0 amide bonds. The van der Waals surface area contributed by atoms with Gasteiger partial charge in [0.15, 0.2) is 0 Å². The molecule has 0 bridgehead atoms. The summed E-state index contributed by atoms with van der Waals surface area (Å²) in [5.41, 5.74) is 7.05. The topological polar surface area (TPSA) is 38.9 Å². The first kappa shape index (κ1) is 12.6. The van der Waals surface area contributed by atoms with Crippen LogP contribution < -0.4 is 5.73 Å². The molecule has 0 saturated carbocycles. The average molecular weight is 267 g/mol. The SMILES string of the molecule is Cc1ncc(CC(CN)c2cccc(Cl)c2)s1. The molecular weight excluding hydrogens is 252 g/mol. The predicted molar refractivity (Wildman–Crippen MR) is 73.8 cm³/mol. The second-order valence-corrected chi connectivity index (χ2v) is 5.79. The van der Waals surface area contributed by atoms with E-state index in [0.717, 1.165) is 16.5 Å². The zero-order chi connectivity index (χ0) is 12.3. The normalized spacial score (nSPS) is 12.6. The fourth-order valence-electron chi connectivity index (χ4n) is 1.84. The average Bonchev–Trinajstić information content (AvgIpc) is 2.72. The smallest absolute Gasteiger partial charge is 0.0896 e. The van der Waals surface area contributed by atoms with Gasteiger partial charge >= 0.3 is 0 Å². The van der Waals surface area contributed by atoms with Gasteiger partial charge in [0.25, 0.3) is 0 Å². The number of aromatic nitrogens is 1. The number of benzene rings is 1. The van der Waals surface area contributed by atoms with Gasteiger partial charge in [0.1, 0.15) is 0 Å². The van der Waals surface area contributed by atoms with Gasteiger partial charge in [-0.05, 0) is 37.6 Å². The molecule has 1 aromatic carbocycles. The Bertz CT molecular complexity index is 496. The quantitative estimate of drug-likeness (QED) is 0.921. The molecule has 0 aliphatic rings. The van der Waals surface area contributed by atoms with Crippen molar-refractivity contribution in [1.82, 2.24) is 4.98 Å². The Hall–Kier alpha value is -0.900. The number of aryl methyl sites for hydroxylation is 1. The molecule has 90 valence electrons. The van der Waals surface area contributed by atoms with Gasteiger partial charge in [-0.15, -0.1) is 11.3 Å². The van der Waals surface area contributed by atoms with Crippen molar-refractivity contribution < 1.29 is 0 Å². The zero-order valence-corrected chi connectivity index (χ0v) is 11.3. The van der Waals surface area contributed by atoms with E-state index in [-0.39, 0.29) is 0 Å². The van der Waals surface area contributed by atoms with Gasteiger partial charge in [-0.2, -0.15) is 0 Å². The summed E-state index contributed by atoms with van der Waals surface area (Å²) in [4.78, 5) is 5.54. The summed E-state index contributed by atoms with van der Waals surface area (Å²) in [7, 11) is 0. The van der Waals surface area contributed by atoms with Gasteiger partial charge in [0.05, 0.1) is 5.01 Å². The van der Waals surface area contributed by atoms with E-state index in [4.69, 9.17) is 17.3 Å². The van der Waals surface area contributed by atoms with Crippen LogP contribution in [0.5, 0.6) is 0 Å². The van der Waals surface area contributed by atoms with E-state index in [1.807, 2.05) is 31.3 Å². The Morgan fingerprint density at radius 1 is 1.47 bits per heavy atom. The van der Waals surface area contributed by atoms with Gasteiger partial charge in [0.2, 0.25) is 0 Å². The van der Waals surface area contributed by atoms with Crippen molar-refractivity contribution >= 4 is 22.9 Å². The largest absolute Gasteiger partial charge is 0.330 e. The first-order valence-electron chi connectivity index (χ1n) is 5.56. The van der Waals surface area contributed by atoms with Crippen molar-refractivity contribution in [1.29, 1.82) is 0 Å². The van der Waals surface area contributed by atoms with Gasteiger partial charge in [-0.3, -0.25) is 0 Å². The van der Waals surface area contributed by atoms with Crippen LogP contribution in [0, 0.1) is 6.92 Å². The Morgan fingerprint density at radius 2 is 2.29 bits per heavy atom. The summed E-state index contributed by atoms with van der Waals surface area (Å²) in [5, 5.41) is 1.86. The molecule has 0 spiro atoms. The lowest BCUT2D eigenvalue weighted by Gasteiger charge is -2.14. The summed E-state index contributed by atoms with van der Waals surface area (Å²) >= 11 is 7.73. The molecule has 1 unspecified atom stereocenters. The predicted octanol–water partition coefficient (Wildman–Crippen LogP) is 3.39. The first-order valence-corrected chi connectivity index (χ1v) is 6.75. The third-order valence-electron chi connectivity index (χ3n) is 2.72. The molecule has 0 radical (unpaired) electrons. The Kier molecular flexibility index (Phi) is 4.15. The molecule has 0 aliphatic carbocycles. The van der Waals surface area contributed by atoms with Crippen LogP contribution in [0.15, 0.2) is 30.5 Å². The van der Waals surface area contributed by atoms with Crippen LogP contribution >= 0.6 is 22.9 Å². The second kappa shape index (κ2) is 5.63. The Balaban J connectivity index is 2.16. The molecule has 2 nitrogen and oxygen atoms in total. The van der Waals surface area contributed by atoms with E-state index in [2.05, 4.69) is 11.1 Å². The molecule has 2 aromatic rings. The summed E-state index contributed by atoms with van der Waals surface area (Å²) < 4.78 is 0. The van der Waals surface area contributed by atoms with Crippen LogP contribution in [0.3, 0.4) is 0 Å². The number of rotatable bonds is 4. The maximum Gasteiger partial charge on any atom is 0.0896 e.